The first-order valence-corrected chi connectivity index (χ1v) is 10.3. The molecule has 1 amide bonds. The van der Waals surface area contributed by atoms with E-state index in [1.807, 2.05) is 44.2 Å². The van der Waals surface area contributed by atoms with Gasteiger partial charge in [0.1, 0.15) is 12.6 Å². The van der Waals surface area contributed by atoms with Gasteiger partial charge in [0.05, 0.1) is 11.4 Å². The van der Waals surface area contributed by atoms with E-state index in [0.717, 1.165) is 16.7 Å². The summed E-state index contributed by atoms with van der Waals surface area (Å²) in [6.07, 6.45) is -0.450. The average molecular weight is 404 g/mol. The second-order valence-electron chi connectivity index (χ2n) is 6.39. The van der Waals surface area contributed by atoms with E-state index in [-0.39, 0.29) is 11.4 Å². The zero-order valence-electron chi connectivity index (χ0n) is 16.1. The minimum atomic E-state index is -3.82. The molecule has 0 aliphatic carbocycles. The Balaban J connectivity index is 1.80. The average Bonchev–Trinajstić information content (AvgIpc) is 2.67. The molecule has 2 rings (SSSR count). The number of aryl methyl sites for hydroxylation is 2. The van der Waals surface area contributed by atoms with E-state index in [2.05, 4.69) is 10.0 Å². The minimum Gasteiger partial charge on any atom is -0.456 e. The van der Waals surface area contributed by atoms with Crippen LogP contribution in [0.3, 0.4) is 0 Å². The van der Waals surface area contributed by atoms with Crippen molar-refractivity contribution in [2.24, 2.45) is 0 Å². The van der Waals surface area contributed by atoms with E-state index >= 15 is 0 Å². The Morgan fingerprint density at radius 1 is 1.00 bits per heavy atom. The summed E-state index contributed by atoms with van der Waals surface area (Å²) in [5.74, 6) is -1.24. The van der Waals surface area contributed by atoms with Gasteiger partial charge in [0, 0.05) is 0 Å². The fourth-order valence-electron chi connectivity index (χ4n) is 2.39. The molecular weight excluding hydrogens is 380 g/mol. The lowest BCUT2D eigenvalue weighted by molar-refractivity contribution is -0.148. The first kappa shape index (κ1) is 21.6. The van der Waals surface area contributed by atoms with Crippen LogP contribution in [0.4, 0.5) is 0 Å². The fraction of sp³-hybridized carbons (Fsp3) is 0.300. The number of esters is 1. The highest BCUT2D eigenvalue weighted by atomic mass is 32.2. The van der Waals surface area contributed by atoms with Crippen LogP contribution >= 0.6 is 0 Å². The molecule has 0 aliphatic rings. The minimum absolute atomic E-state index is 0.0829. The summed E-state index contributed by atoms with van der Waals surface area (Å²) in [5, 5.41) is 2.34. The van der Waals surface area contributed by atoms with Crippen molar-refractivity contribution in [2.45, 2.75) is 31.8 Å². The van der Waals surface area contributed by atoms with Gasteiger partial charge < -0.3 is 10.1 Å². The van der Waals surface area contributed by atoms with Gasteiger partial charge in [-0.3, -0.25) is 9.59 Å². The van der Waals surface area contributed by atoms with Crippen LogP contribution in [0.1, 0.15) is 29.7 Å². The van der Waals surface area contributed by atoms with Crippen molar-refractivity contribution in [3.8, 4) is 0 Å². The summed E-state index contributed by atoms with van der Waals surface area (Å²) in [4.78, 5) is 23.8. The Morgan fingerprint density at radius 3 is 2.32 bits per heavy atom. The maximum Gasteiger partial charge on any atom is 0.326 e. The number of sulfonamides is 1. The maximum atomic E-state index is 12.3. The third-order valence-corrected chi connectivity index (χ3v) is 5.62. The SMILES string of the molecule is Cc1ccc(S(=O)(=O)NCC(=O)NCC(=O)O[C@H](C)c2ccccc2)cc1C. The van der Waals surface area contributed by atoms with Crippen LogP contribution in [0.25, 0.3) is 0 Å². The number of amides is 1. The van der Waals surface area contributed by atoms with Gasteiger partial charge in [0.25, 0.3) is 0 Å². The monoisotopic (exact) mass is 404 g/mol. The van der Waals surface area contributed by atoms with Crippen molar-refractivity contribution >= 4 is 21.9 Å². The molecule has 0 heterocycles. The molecule has 28 heavy (non-hydrogen) atoms. The van der Waals surface area contributed by atoms with Crippen LogP contribution in [0, 0.1) is 13.8 Å². The van der Waals surface area contributed by atoms with Gasteiger partial charge in [-0.25, -0.2) is 13.1 Å². The number of carbonyl (C=O) groups excluding carboxylic acids is 2. The molecule has 0 fully saturated rings. The smallest absolute Gasteiger partial charge is 0.326 e. The highest BCUT2D eigenvalue weighted by molar-refractivity contribution is 7.89. The zero-order chi connectivity index (χ0) is 20.7. The van der Waals surface area contributed by atoms with Gasteiger partial charge in [0.2, 0.25) is 15.9 Å². The molecule has 2 aromatic rings. The Kier molecular flexibility index (Phi) is 7.31. The molecule has 1 atom stereocenters. The molecule has 0 saturated carbocycles. The van der Waals surface area contributed by atoms with E-state index in [0.29, 0.717) is 0 Å². The lowest BCUT2D eigenvalue weighted by Crippen LogP contribution is -2.39. The van der Waals surface area contributed by atoms with E-state index < -0.39 is 34.5 Å². The van der Waals surface area contributed by atoms with E-state index in [1.54, 1.807) is 13.0 Å². The number of nitrogens with one attached hydrogen (secondary N) is 2. The number of benzene rings is 2. The third kappa shape index (κ3) is 6.17. The van der Waals surface area contributed by atoms with Crippen molar-refractivity contribution < 1.29 is 22.7 Å². The van der Waals surface area contributed by atoms with Gasteiger partial charge in [-0.1, -0.05) is 36.4 Å². The summed E-state index contributed by atoms with van der Waals surface area (Å²) in [5.41, 5.74) is 2.64. The molecule has 0 radical (unpaired) electrons. The molecule has 0 bridgehead atoms. The Labute approximate surface area is 165 Å². The van der Waals surface area contributed by atoms with Crippen LogP contribution in [0.5, 0.6) is 0 Å². The highest BCUT2D eigenvalue weighted by Gasteiger charge is 2.17. The quantitative estimate of drug-likeness (QED) is 0.656. The first-order valence-electron chi connectivity index (χ1n) is 8.77. The highest BCUT2D eigenvalue weighted by Crippen LogP contribution is 2.16. The third-order valence-electron chi connectivity index (χ3n) is 4.22. The fourth-order valence-corrected chi connectivity index (χ4v) is 3.46. The van der Waals surface area contributed by atoms with Crippen LogP contribution < -0.4 is 10.0 Å². The van der Waals surface area contributed by atoms with E-state index in [9.17, 15) is 18.0 Å². The molecule has 150 valence electrons. The molecule has 2 N–H and O–H groups in total. The largest absolute Gasteiger partial charge is 0.456 e. The predicted octanol–water partition coefficient (Wildman–Crippen LogP) is 2.00. The second kappa shape index (κ2) is 9.48. The lowest BCUT2D eigenvalue weighted by atomic mass is 10.1. The normalized spacial score (nSPS) is 12.2. The molecule has 2 aromatic carbocycles. The van der Waals surface area contributed by atoms with Gasteiger partial charge in [-0.05, 0) is 49.6 Å². The standard InChI is InChI=1S/C20H24N2O5S/c1-14-9-10-18(11-15(14)2)28(25,26)22-12-19(23)21-13-20(24)27-16(3)17-7-5-4-6-8-17/h4-11,16,22H,12-13H2,1-3H3,(H,21,23)/t16-/m1/s1. The van der Waals surface area contributed by atoms with Gasteiger partial charge >= 0.3 is 5.97 Å². The van der Waals surface area contributed by atoms with Gasteiger partial charge in [-0.2, -0.15) is 0 Å². The number of hydrogen-bond donors (Lipinski definition) is 2. The molecule has 0 aliphatic heterocycles. The predicted molar refractivity (Wildman–Crippen MR) is 105 cm³/mol. The maximum absolute atomic E-state index is 12.3. The Hall–Kier alpha value is -2.71. The molecule has 8 heteroatoms. The molecule has 0 saturated heterocycles. The van der Waals surface area contributed by atoms with Crippen molar-refractivity contribution in [1.82, 2.24) is 10.0 Å². The van der Waals surface area contributed by atoms with Crippen molar-refractivity contribution in [3.05, 3.63) is 65.2 Å². The first-order chi connectivity index (χ1) is 13.2. The van der Waals surface area contributed by atoms with Crippen LogP contribution in [0.15, 0.2) is 53.4 Å². The lowest BCUT2D eigenvalue weighted by Gasteiger charge is -2.14. The zero-order valence-corrected chi connectivity index (χ0v) is 16.9. The Bertz CT molecular complexity index is 942. The summed E-state index contributed by atoms with van der Waals surface area (Å²) in [7, 11) is -3.82. The van der Waals surface area contributed by atoms with Crippen molar-refractivity contribution in [3.63, 3.8) is 0 Å². The molecule has 7 nitrogen and oxygen atoms in total. The summed E-state index contributed by atoms with van der Waals surface area (Å²) in [6.45, 7) is 4.60. The van der Waals surface area contributed by atoms with Crippen LogP contribution in [0.2, 0.25) is 0 Å². The topological polar surface area (TPSA) is 102 Å². The van der Waals surface area contributed by atoms with Gasteiger partial charge in [0.15, 0.2) is 0 Å². The molecule has 0 unspecified atom stereocenters. The molecular formula is C20H24N2O5S. The summed E-state index contributed by atoms with van der Waals surface area (Å²) in [6, 6.07) is 13.9. The number of rotatable bonds is 8. The number of hydrogen-bond acceptors (Lipinski definition) is 5. The summed E-state index contributed by atoms with van der Waals surface area (Å²) >= 11 is 0. The van der Waals surface area contributed by atoms with Crippen molar-refractivity contribution in [1.29, 1.82) is 0 Å². The second-order valence-corrected chi connectivity index (χ2v) is 8.16. The number of carbonyl (C=O) groups is 2. The van der Waals surface area contributed by atoms with Crippen molar-refractivity contribution in [2.75, 3.05) is 13.1 Å². The summed E-state index contributed by atoms with van der Waals surface area (Å²) < 4.78 is 32.0. The van der Waals surface area contributed by atoms with Crippen LogP contribution in [-0.4, -0.2) is 33.4 Å². The molecule has 0 aromatic heterocycles. The Morgan fingerprint density at radius 2 is 1.68 bits per heavy atom. The number of ether oxygens (including phenoxy) is 1. The van der Waals surface area contributed by atoms with Crippen LogP contribution in [-0.2, 0) is 24.3 Å². The van der Waals surface area contributed by atoms with E-state index in [1.165, 1.54) is 12.1 Å². The van der Waals surface area contributed by atoms with Gasteiger partial charge in [-0.15, -0.1) is 0 Å². The van der Waals surface area contributed by atoms with E-state index in [4.69, 9.17) is 4.74 Å². The molecule has 0 spiro atoms.